The van der Waals surface area contributed by atoms with E-state index in [0.29, 0.717) is 23.7 Å². The third-order valence-corrected chi connectivity index (χ3v) is 7.57. The summed E-state index contributed by atoms with van der Waals surface area (Å²) < 4.78 is 27.7. The van der Waals surface area contributed by atoms with E-state index >= 15 is 0 Å². The van der Waals surface area contributed by atoms with Gasteiger partial charge in [-0.1, -0.05) is 42.5 Å². The summed E-state index contributed by atoms with van der Waals surface area (Å²) in [6, 6.07) is 17.4. The highest BCUT2D eigenvalue weighted by Crippen LogP contribution is 2.24. The third-order valence-electron chi connectivity index (χ3n) is 3.49. The highest BCUT2D eigenvalue weighted by atomic mass is 32.2. The highest BCUT2D eigenvalue weighted by molar-refractivity contribution is 7.91. The Labute approximate surface area is 144 Å². The van der Waals surface area contributed by atoms with Crippen LogP contribution in [-0.2, 0) is 23.0 Å². The van der Waals surface area contributed by atoms with Crippen molar-refractivity contribution in [3.63, 3.8) is 0 Å². The van der Waals surface area contributed by atoms with Crippen LogP contribution in [0.3, 0.4) is 0 Å². The topological polar surface area (TPSA) is 37.4 Å². The van der Waals surface area contributed by atoms with Gasteiger partial charge in [-0.15, -0.1) is 22.7 Å². The molecule has 0 spiro atoms. The van der Waals surface area contributed by atoms with Gasteiger partial charge in [-0.25, -0.2) is 8.42 Å². The summed E-state index contributed by atoms with van der Waals surface area (Å²) in [4.78, 5) is 1.05. The zero-order chi connectivity index (χ0) is 16.1. The lowest BCUT2D eigenvalue weighted by atomic mass is 10.1. The van der Waals surface area contributed by atoms with Gasteiger partial charge in [0.25, 0.3) is 10.0 Å². The largest absolute Gasteiger partial charge is 0.252 e. The van der Waals surface area contributed by atoms with Crippen molar-refractivity contribution in [1.29, 1.82) is 0 Å². The van der Waals surface area contributed by atoms with Crippen LogP contribution >= 0.6 is 22.7 Å². The number of sulfonamides is 1. The molecule has 0 N–H and O–H groups in total. The number of hydrogen-bond acceptors (Lipinski definition) is 4. The molecule has 120 valence electrons. The molecule has 0 aliphatic carbocycles. The number of benzene rings is 1. The molecule has 0 radical (unpaired) electrons. The van der Waals surface area contributed by atoms with Crippen molar-refractivity contribution in [3.8, 4) is 0 Å². The Kier molecular flexibility index (Phi) is 5.27. The van der Waals surface area contributed by atoms with Crippen molar-refractivity contribution >= 4 is 32.7 Å². The molecule has 0 aliphatic rings. The normalized spacial score (nSPS) is 11.9. The first-order valence-electron chi connectivity index (χ1n) is 7.26. The lowest BCUT2D eigenvalue weighted by Crippen LogP contribution is -2.31. The molecule has 0 saturated carbocycles. The van der Waals surface area contributed by atoms with Crippen LogP contribution < -0.4 is 0 Å². The van der Waals surface area contributed by atoms with Crippen LogP contribution in [0.1, 0.15) is 10.4 Å². The van der Waals surface area contributed by atoms with Crippen LogP contribution in [0.25, 0.3) is 0 Å². The van der Waals surface area contributed by atoms with E-state index in [1.165, 1.54) is 11.3 Å². The van der Waals surface area contributed by atoms with Crippen molar-refractivity contribution in [3.05, 3.63) is 75.8 Å². The summed E-state index contributed by atoms with van der Waals surface area (Å²) >= 11 is 2.85. The van der Waals surface area contributed by atoms with Crippen molar-refractivity contribution in [2.75, 3.05) is 6.54 Å². The minimum absolute atomic E-state index is 0.405. The number of rotatable bonds is 7. The van der Waals surface area contributed by atoms with Gasteiger partial charge in [0.2, 0.25) is 0 Å². The first kappa shape index (κ1) is 16.4. The molecule has 1 aromatic carbocycles. The molecule has 2 aromatic heterocycles. The molecule has 0 bridgehead atoms. The Balaban J connectivity index is 1.81. The minimum atomic E-state index is -3.45. The maximum Gasteiger partial charge on any atom is 0.252 e. The predicted molar refractivity (Wildman–Crippen MR) is 96.4 cm³/mol. The summed E-state index contributed by atoms with van der Waals surface area (Å²) in [6.45, 7) is 0.896. The number of nitrogens with zero attached hydrogens (tertiary/aromatic N) is 1. The molecular formula is C17H17NO2S3. The van der Waals surface area contributed by atoms with Crippen molar-refractivity contribution in [1.82, 2.24) is 4.31 Å². The zero-order valence-corrected chi connectivity index (χ0v) is 14.9. The summed E-state index contributed by atoms with van der Waals surface area (Å²) in [7, 11) is -3.45. The van der Waals surface area contributed by atoms with Crippen molar-refractivity contribution < 1.29 is 8.42 Å². The first-order valence-corrected chi connectivity index (χ1v) is 10.5. The first-order chi connectivity index (χ1) is 11.2. The van der Waals surface area contributed by atoms with E-state index in [-0.39, 0.29) is 0 Å². The van der Waals surface area contributed by atoms with Gasteiger partial charge in [-0.2, -0.15) is 4.31 Å². The van der Waals surface area contributed by atoms with E-state index in [0.717, 1.165) is 10.4 Å². The second-order valence-corrected chi connectivity index (χ2v) is 9.23. The molecule has 23 heavy (non-hydrogen) atoms. The monoisotopic (exact) mass is 363 g/mol. The lowest BCUT2D eigenvalue weighted by molar-refractivity contribution is 0.413. The molecule has 0 amide bonds. The van der Waals surface area contributed by atoms with Crippen LogP contribution in [0.2, 0.25) is 0 Å². The van der Waals surface area contributed by atoms with Gasteiger partial charge < -0.3 is 0 Å². The molecule has 0 atom stereocenters. The quantitative estimate of drug-likeness (QED) is 0.629. The maximum absolute atomic E-state index is 12.9. The molecule has 0 unspecified atom stereocenters. The second-order valence-electron chi connectivity index (χ2n) is 5.09. The fourth-order valence-electron chi connectivity index (χ4n) is 2.30. The van der Waals surface area contributed by atoms with Crippen molar-refractivity contribution in [2.24, 2.45) is 0 Å². The predicted octanol–water partition coefficient (Wildman–Crippen LogP) is 4.24. The Bertz CT molecular complexity index is 810. The minimum Gasteiger partial charge on any atom is -0.206 e. The Hall–Kier alpha value is -1.47. The molecule has 2 heterocycles. The summed E-state index contributed by atoms with van der Waals surface area (Å²) in [6.07, 6.45) is 0.705. The Morgan fingerprint density at radius 3 is 2.26 bits per heavy atom. The average molecular weight is 364 g/mol. The molecular weight excluding hydrogens is 346 g/mol. The zero-order valence-electron chi connectivity index (χ0n) is 12.5. The Morgan fingerprint density at radius 1 is 0.870 bits per heavy atom. The fraction of sp³-hybridized carbons (Fsp3) is 0.176. The molecule has 3 rings (SSSR count). The van der Waals surface area contributed by atoms with Gasteiger partial charge in [0.1, 0.15) is 4.21 Å². The molecule has 6 heteroatoms. The van der Waals surface area contributed by atoms with E-state index in [2.05, 4.69) is 0 Å². The second kappa shape index (κ2) is 7.40. The van der Waals surface area contributed by atoms with Gasteiger partial charge in [0.15, 0.2) is 0 Å². The molecule has 3 nitrogen and oxygen atoms in total. The lowest BCUT2D eigenvalue weighted by Gasteiger charge is -2.21. The van der Waals surface area contributed by atoms with Gasteiger partial charge in [0.05, 0.1) is 0 Å². The van der Waals surface area contributed by atoms with Crippen LogP contribution in [0.15, 0.2) is 69.6 Å². The number of hydrogen-bond donors (Lipinski definition) is 0. The summed E-state index contributed by atoms with van der Waals surface area (Å²) in [5.74, 6) is 0. The molecule has 0 aliphatic heterocycles. The van der Waals surface area contributed by atoms with E-state index in [9.17, 15) is 8.42 Å². The SMILES string of the molecule is O=S(=O)(c1cccs1)N(CCc1ccccc1)Cc1cccs1. The number of thiophene rings is 2. The molecule has 0 fully saturated rings. The van der Waals surface area contributed by atoms with E-state index in [4.69, 9.17) is 0 Å². The molecule has 0 saturated heterocycles. The fourth-order valence-corrected chi connectivity index (χ4v) is 5.66. The smallest absolute Gasteiger partial charge is 0.206 e. The van der Waals surface area contributed by atoms with Crippen LogP contribution in [-0.4, -0.2) is 19.3 Å². The average Bonchev–Trinajstić information content (AvgIpc) is 3.25. The standard InChI is InChI=1S/C17H17NO2S3/c19-23(20,17-9-5-13-22-17)18(14-16-8-4-12-21-16)11-10-15-6-2-1-3-7-15/h1-9,12-13H,10-11,14H2. The molecule has 3 aromatic rings. The Morgan fingerprint density at radius 2 is 1.61 bits per heavy atom. The van der Waals surface area contributed by atoms with Gasteiger partial charge in [-0.05, 0) is 34.9 Å². The van der Waals surface area contributed by atoms with Crippen molar-refractivity contribution in [2.45, 2.75) is 17.2 Å². The van der Waals surface area contributed by atoms with Gasteiger partial charge in [0, 0.05) is 18.0 Å². The maximum atomic E-state index is 12.9. The summed E-state index contributed by atoms with van der Waals surface area (Å²) in [5.41, 5.74) is 1.14. The van der Waals surface area contributed by atoms with Gasteiger partial charge >= 0.3 is 0 Å². The highest BCUT2D eigenvalue weighted by Gasteiger charge is 2.25. The van der Waals surface area contributed by atoms with E-state index < -0.39 is 10.0 Å². The van der Waals surface area contributed by atoms with E-state index in [1.807, 2.05) is 47.8 Å². The van der Waals surface area contributed by atoms with E-state index in [1.54, 1.807) is 33.2 Å². The summed E-state index contributed by atoms with van der Waals surface area (Å²) in [5, 5.41) is 3.77. The third kappa shape index (κ3) is 4.09. The van der Waals surface area contributed by atoms with Crippen LogP contribution in [0.4, 0.5) is 0 Å². The van der Waals surface area contributed by atoms with Crippen LogP contribution in [0.5, 0.6) is 0 Å². The van der Waals surface area contributed by atoms with Gasteiger partial charge in [-0.3, -0.25) is 0 Å². The van der Waals surface area contributed by atoms with Crippen LogP contribution in [0, 0.1) is 0 Å².